The third-order valence-corrected chi connectivity index (χ3v) is 7.73. The van der Waals surface area contributed by atoms with E-state index in [2.05, 4.69) is 17.4 Å². The number of carbonyl (C=O) groups is 3. The monoisotopic (exact) mass is 499 g/mol. The highest BCUT2D eigenvalue weighted by Crippen LogP contribution is 2.39. The minimum Gasteiger partial charge on any atom is -0.399 e. The second-order valence-corrected chi connectivity index (χ2v) is 11.4. The van der Waals surface area contributed by atoms with Gasteiger partial charge in [0.25, 0.3) is 5.91 Å². The molecule has 4 amide bonds. The Morgan fingerprint density at radius 2 is 1.86 bits per heavy atom. The maximum absolute atomic E-state index is 13.5. The number of urea groups is 1. The normalized spacial score (nSPS) is 19.9. The second kappa shape index (κ2) is 8.57. The van der Waals surface area contributed by atoms with Crippen LogP contribution < -0.4 is 11.1 Å². The maximum Gasteiger partial charge on any atom is 0.324 e. The van der Waals surface area contributed by atoms with Crippen molar-refractivity contribution in [3.8, 4) is 0 Å². The van der Waals surface area contributed by atoms with Crippen molar-refractivity contribution in [2.75, 3.05) is 12.8 Å². The number of likely N-dealkylation sites (N-methyl/N-ethyl adjacent to an activating group) is 1. The molecule has 0 radical (unpaired) electrons. The Kier molecular flexibility index (Phi) is 5.73. The van der Waals surface area contributed by atoms with Crippen molar-refractivity contribution in [2.24, 2.45) is 5.41 Å². The number of imide groups is 1. The number of fused-ring (bicyclic) bond motifs is 2. The number of rotatable bonds is 4. The number of nitrogens with zero attached hydrogens (tertiary/aromatic N) is 3. The molecule has 37 heavy (non-hydrogen) atoms. The maximum atomic E-state index is 13.5. The second-order valence-electron chi connectivity index (χ2n) is 11.4. The van der Waals surface area contributed by atoms with Gasteiger partial charge >= 0.3 is 6.03 Å². The molecular formula is C29H33N5O3. The molecule has 3 N–H and O–H groups in total. The average Bonchev–Trinajstić information content (AvgIpc) is 3.31. The summed E-state index contributed by atoms with van der Waals surface area (Å²) in [5, 5.41) is 3.39. The van der Waals surface area contributed by atoms with Crippen molar-refractivity contribution in [2.45, 2.75) is 58.7 Å². The summed E-state index contributed by atoms with van der Waals surface area (Å²) in [4.78, 5) is 46.4. The molecule has 192 valence electrons. The minimum atomic E-state index is -0.873. The van der Waals surface area contributed by atoms with Crippen LogP contribution in [-0.2, 0) is 29.0 Å². The van der Waals surface area contributed by atoms with Gasteiger partial charge in [0, 0.05) is 49.1 Å². The van der Waals surface area contributed by atoms with Crippen molar-refractivity contribution in [3.63, 3.8) is 0 Å². The molecular weight excluding hydrogens is 466 g/mol. The molecule has 2 atom stereocenters. The third kappa shape index (κ3) is 4.20. The Morgan fingerprint density at radius 3 is 2.49 bits per heavy atom. The highest BCUT2D eigenvalue weighted by Gasteiger charge is 2.54. The van der Waals surface area contributed by atoms with E-state index in [4.69, 9.17) is 10.7 Å². The van der Waals surface area contributed by atoms with Gasteiger partial charge in [0.2, 0.25) is 5.91 Å². The number of amides is 4. The lowest BCUT2D eigenvalue weighted by molar-refractivity contribution is -0.142. The topological polar surface area (TPSA) is 109 Å². The van der Waals surface area contributed by atoms with Gasteiger partial charge in [0.1, 0.15) is 5.54 Å². The summed E-state index contributed by atoms with van der Waals surface area (Å²) in [5.41, 5.74) is 10.0. The predicted molar refractivity (Wildman–Crippen MR) is 142 cm³/mol. The molecule has 5 rings (SSSR count). The van der Waals surface area contributed by atoms with Crippen LogP contribution in [0.5, 0.6) is 0 Å². The van der Waals surface area contributed by atoms with Crippen LogP contribution in [0.1, 0.15) is 56.0 Å². The summed E-state index contributed by atoms with van der Waals surface area (Å²) in [6.45, 7) is 8.19. The fraction of sp³-hybridized carbons (Fsp3) is 0.379. The van der Waals surface area contributed by atoms with Gasteiger partial charge < -0.3 is 15.5 Å². The molecule has 1 fully saturated rings. The minimum absolute atomic E-state index is 0.0402. The molecule has 1 aliphatic carbocycles. The zero-order valence-corrected chi connectivity index (χ0v) is 22.0. The van der Waals surface area contributed by atoms with Crippen molar-refractivity contribution in [1.82, 2.24) is 20.1 Å². The van der Waals surface area contributed by atoms with Crippen molar-refractivity contribution >= 4 is 34.4 Å². The molecule has 2 aromatic carbocycles. The highest BCUT2D eigenvalue weighted by atomic mass is 16.2. The molecule has 2 aliphatic rings. The van der Waals surface area contributed by atoms with Crippen LogP contribution in [0.2, 0.25) is 0 Å². The SMILES string of the molecule is CC(c1cccc(N)c1)N(Cc1cnc2cc3c(cc2c1)CC1(C3)C(=O)NC(=O)N1C)C(=O)C(C)(C)C. The Morgan fingerprint density at radius 1 is 1.16 bits per heavy atom. The number of hydrogen-bond donors (Lipinski definition) is 2. The fourth-order valence-electron chi connectivity index (χ4n) is 5.47. The van der Waals surface area contributed by atoms with Gasteiger partial charge in [-0.25, -0.2) is 4.79 Å². The number of nitrogens with two attached hydrogens (primary N) is 1. The largest absolute Gasteiger partial charge is 0.399 e. The lowest BCUT2D eigenvalue weighted by Crippen LogP contribution is -2.48. The Labute approximate surface area is 216 Å². The zero-order chi connectivity index (χ0) is 26.7. The van der Waals surface area contributed by atoms with E-state index in [1.54, 1.807) is 7.05 Å². The smallest absolute Gasteiger partial charge is 0.324 e. The van der Waals surface area contributed by atoms with Gasteiger partial charge in [-0.2, -0.15) is 0 Å². The van der Waals surface area contributed by atoms with Gasteiger partial charge in [-0.05, 0) is 59.5 Å². The average molecular weight is 500 g/mol. The Balaban J connectivity index is 1.47. The lowest BCUT2D eigenvalue weighted by Gasteiger charge is -2.35. The van der Waals surface area contributed by atoms with Crippen LogP contribution in [0.15, 0.2) is 48.7 Å². The number of hydrogen-bond acceptors (Lipinski definition) is 5. The van der Waals surface area contributed by atoms with Crippen molar-refractivity contribution in [3.05, 3.63) is 70.9 Å². The van der Waals surface area contributed by atoms with Crippen molar-refractivity contribution in [1.29, 1.82) is 0 Å². The van der Waals surface area contributed by atoms with E-state index in [0.29, 0.717) is 25.1 Å². The summed E-state index contributed by atoms with van der Waals surface area (Å²) < 4.78 is 0. The number of nitrogens with one attached hydrogen (secondary N) is 1. The molecule has 1 aliphatic heterocycles. The van der Waals surface area contributed by atoms with E-state index >= 15 is 0 Å². The molecule has 0 saturated carbocycles. The lowest BCUT2D eigenvalue weighted by atomic mass is 9.92. The highest BCUT2D eigenvalue weighted by molar-refractivity contribution is 6.08. The van der Waals surface area contributed by atoms with E-state index < -0.39 is 11.0 Å². The van der Waals surface area contributed by atoms with Gasteiger partial charge in [0.05, 0.1) is 11.6 Å². The van der Waals surface area contributed by atoms with Crippen LogP contribution in [0.25, 0.3) is 10.9 Å². The van der Waals surface area contributed by atoms with Gasteiger partial charge in [-0.3, -0.25) is 19.9 Å². The first-order valence-corrected chi connectivity index (χ1v) is 12.6. The summed E-state index contributed by atoms with van der Waals surface area (Å²) in [6, 6.07) is 13.2. The number of benzene rings is 2. The van der Waals surface area contributed by atoms with Crippen LogP contribution in [-0.4, -0.2) is 45.2 Å². The van der Waals surface area contributed by atoms with Gasteiger partial charge in [-0.1, -0.05) is 32.9 Å². The molecule has 2 heterocycles. The summed E-state index contributed by atoms with van der Waals surface area (Å²) in [7, 11) is 1.67. The van der Waals surface area contributed by atoms with Gasteiger partial charge in [-0.15, -0.1) is 0 Å². The third-order valence-electron chi connectivity index (χ3n) is 7.73. The quantitative estimate of drug-likeness (QED) is 0.417. The zero-order valence-electron chi connectivity index (χ0n) is 22.0. The van der Waals surface area contributed by atoms with Crippen molar-refractivity contribution < 1.29 is 14.4 Å². The number of aromatic nitrogens is 1. The molecule has 0 bridgehead atoms. The molecule has 1 aromatic heterocycles. The summed E-state index contributed by atoms with van der Waals surface area (Å²) >= 11 is 0. The number of carbonyl (C=O) groups excluding carboxylic acids is 3. The van der Waals surface area contributed by atoms with Crippen LogP contribution in [0.4, 0.5) is 10.5 Å². The molecule has 1 spiro atoms. The summed E-state index contributed by atoms with van der Waals surface area (Å²) in [5.74, 6) is -0.209. The fourth-order valence-corrected chi connectivity index (χ4v) is 5.47. The number of pyridine rings is 1. The van der Waals surface area contributed by atoms with E-state index in [1.807, 2.05) is 69.1 Å². The Hall–Kier alpha value is -3.94. The Bertz CT molecular complexity index is 1440. The first-order chi connectivity index (χ1) is 17.4. The first-order valence-electron chi connectivity index (χ1n) is 12.6. The number of nitrogen functional groups attached to an aromatic ring is 1. The molecule has 1 saturated heterocycles. The number of anilines is 1. The van der Waals surface area contributed by atoms with E-state index in [1.165, 1.54) is 4.90 Å². The molecule has 8 heteroatoms. The summed E-state index contributed by atoms with van der Waals surface area (Å²) in [6.07, 6.45) is 2.76. The molecule has 2 unspecified atom stereocenters. The van der Waals surface area contributed by atoms with Gasteiger partial charge in [0.15, 0.2) is 0 Å². The van der Waals surface area contributed by atoms with Crippen LogP contribution in [0, 0.1) is 5.41 Å². The predicted octanol–water partition coefficient (Wildman–Crippen LogP) is 3.97. The molecule has 8 nitrogen and oxygen atoms in total. The van der Waals surface area contributed by atoms with Crippen LogP contribution in [0.3, 0.4) is 0 Å². The van der Waals surface area contributed by atoms with E-state index in [9.17, 15) is 14.4 Å². The molecule has 3 aromatic rings. The van der Waals surface area contributed by atoms with E-state index in [0.717, 1.165) is 33.2 Å². The van der Waals surface area contributed by atoms with E-state index in [-0.39, 0.29) is 23.9 Å². The standard InChI is InChI=1S/C29H33N5O3/c1-17(19-7-6-8-23(30)11-19)34(26(36)28(2,3)4)16-18-9-20-10-21-13-29(25(35)32-27(37)33(29)5)14-22(21)12-24(20)31-15-18/h6-12,15,17H,13-14,16,30H2,1-5H3,(H,32,35,37). The first kappa shape index (κ1) is 24.7. The van der Waals surface area contributed by atoms with Crippen LogP contribution >= 0.6 is 0 Å².